The minimum absolute atomic E-state index is 0.00675. The van der Waals surface area contributed by atoms with Crippen molar-refractivity contribution >= 4 is 32.6 Å². The molecular weight excluding hydrogens is 594 g/mol. The van der Waals surface area contributed by atoms with Gasteiger partial charge in [0.15, 0.2) is 15.7 Å². The second kappa shape index (κ2) is 11.8. The van der Waals surface area contributed by atoms with Crippen LogP contribution in [0, 0.1) is 18.2 Å². The van der Waals surface area contributed by atoms with E-state index in [9.17, 15) is 27.5 Å². The van der Waals surface area contributed by atoms with Gasteiger partial charge in [-0.1, -0.05) is 30.8 Å². The normalized spacial score (nSPS) is 15.3. The van der Waals surface area contributed by atoms with Crippen LogP contribution in [0.4, 0.5) is 14.6 Å². The molecule has 1 unspecified atom stereocenters. The molecule has 4 aromatic rings. The molecule has 3 heterocycles. The number of rotatable bonds is 7. The van der Waals surface area contributed by atoms with Crippen LogP contribution in [-0.4, -0.2) is 77.3 Å². The number of fused-ring (bicyclic) bond motifs is 1. The summed E-state index contributed by atoms with van der Waals surface area (Å²) < 4.78 is 56.7. The van der Waals surface area contributed by atoms with Crippen molar-refractivity contribution < 1.29 is 27.1 Å². The monoisotopic (exact) mass is 620 g/mol. The molecule has 1 amide bonds. The molecule has 5 rings (SSSR count). The molecule has 11 nitrogen and oxygen atoms in total. The Balaban J connectivity index is 1.77. The summed E-state index contributed by atoms with van der Waals surface area (Å²) in [5.41, 5.74) is -1.90. The number of phenolic OH excluding ortho intramolecular Hbond substituents is 1. The van der Waals surface area contributed by atoms with Gasteiger partial charge in [-0.05, 0) is 35.9 Å². The predicted molar refractivity (Wildman–Crippen MR) is 159 cm³/mol. The molecule has 1 fully saturated rings. The van der Waals surface area contributed by atoms with Crippen molar-refractivity contribution in [1.29, 1.82) is 0 Å². The SMILES string of the molecule is [C-]#[N+]CC1CN(C(=O)C=C)CCN1c1nc(=O)n(Cc2ccccc2S(C)(=O)=O)c2nc(-c3c(O)cccc3F)c(F)cc12. The first-order chi connectivity index (χ1) is 20.9. The highest BCUT2D eigenvalue weighted by molar-refractivity contribution is 7.90. The first kappa shape index (κ1) is 30.3. The number of aromatic nitrogens is 3. The Hall–Kier alpha value is -5.16. The van der Waals surface area contributed by atoms with Crippen molar-refractivity contribution in [2.75, 3.05) is 37.3 Å². The standard InChI is InChI=1S/C30H26F2N6O5S/c1-4-25(40)36-12-13-37(19(17-36)15-33-2)29-20-14-22(32)27(26-21(31)9-7-10-23(26)39)34-28(20)38(30(41)35-29)16-18-8-5-6-11-24(18)44(3,42)43/h4-11,14,19,39H,1,12-13,15-17H2,3H3. The molecule has 0 spiro atoms. The number of phenols is 1. The number of anilines is 1. The quantitative estimate of drug-likeness (QED) is 0.247. The maximum Gasteiger partial charge on any atom is 0.351 e. The first-order valence-corrected chi connectivity index (χ1v) is 15.2. The Morgan fingerprint density at radius 2 is 1.91 bits per heavy atom. The number of amides is 1. The van der Waals surface area contributed by atoms with Crippen LogP contribution < -0.4 is 10.6 Å². The van der Waals surface area contributed by atoms with Crippen LogP contribution in [0.1, 0.15) is 5.56 Å². The molecule has 0 radical (unpaired) electrons. The van der Waals surface area contributed by atoms with Gasteiger partial charge in [0.1, 0.15) is 34.8 Å². The fraction of sp³-hybridized carbons (Fsp3) is 0.233. The van der Waals surface area contributed by atoms with E-state index in [1.165, 1.54) is 29.2 Å². The molecule has 2 aromatic carbocycles. The molecule has 0 aliphatic carbocycles. The Morgan fingerprint density at radius 1 is 1.16 bits per heavy atom. The van der Waals surface area contributed by atoms with Gasteiger partial charge in [0.05, 0.1) is 22.4 Å². The van der Waals surface area contributed by atoms with Crippen molar-refractivity contribution in [3.8, 4) is 17.0 Å². The summed E-state index contributed by atoms with van der Waals surface area (Å²) >= 11 is 0. The van der Waals surface area contributed by atoms with Crippen molar-refractivity contribution in [1.82, 2.24) is 19.4 Å². The van der Waals surface area contributed by atoms with Crippen molar-refractivity contribution in [2.45, 2.75) is 17.5 Å². The molecule has 1 atom stereocenters. The van der Waals surface area contributed by atoms with Crippen molar-refractivity contribution in [2.24, 2.45) is 0 Å². The lowest BCUT2D eigenvalue weighted by Gasteiger charge is -2.39. The second-order valence-corrected chi connectivity index (χ2v) is 12.2. The maximum absolute atomic E-state index is 15.8. The first-order valence-electron chi connectivity index (χ1n) is 13.3. The van der Waals surface area contributed by atoms with Crippen LogP contribution in [0.5, 0.6) is 5.75 Å². The number of sulfone groups is 1. The van der Waals surface area contributed by atoms with E-state index in [0.29, 0.717) is 0 Å². The molecule has 2 aromatic heterocycles. The number of carbonyl (C=O) groups is 1. The number of piperazine rings is 1. The van der Waals surface area contributed by atoms with Gasteiger partial charge in [0.25, 0.3) is 0 Å². The lowest BCUT2D eigenvalue weighted by molar-refractivity contribution is -0.126. The van der Waals surface area contributed by atoms with E-state index in [-0.39, 0.29) is 65.9 Å². The molecule has 1 saturated heterocycles. The molecule has 14 heteroatoms. The Kier molecular flexibility index (Phi) is 8.16. The van der Waals surface area contributed by atoms with E-state index in [0.717, 1.165) is 35.1 Å². The smallest absolute Gasteiger partial charge is 0.351 e. The summed E-state index contributed by atoms with van der Waals surface area (Å²) in [6, 6.07) is 9.83. The molecule has 0 bridgehead atoms. The largest absolute Gasteiger partial charge is 0.507 e. The summed E-state index contributed by atoms with van der Waals surface area (Å²) in [6.07, 6.45) is 2.18. The molecule has 1 N–H and O–H groups in total. The van der Waals surface area contributed by atoms with Gasteiger partial charge in [0.2, 0.25) is 12.5 Å². The van der Waals surface area contributed by atoms with E-state index in [1.807, 2.05) is 0 Å². The van der Waals surface area contributed by atoms with Crippen LogP contribution in [0.25, 0.3) is 27.1 Å². The van der Waals surface area contributed by atoms with E-state index >= 15 is 4.39 Å². The van der Waals surface area contributed by atoms with Gasteiger partial charge in [-0.25, -0.2) is 33.5 Å². The summed E-state index contributed by atoms with van der Waals surface area (Å²) in [6.45, 7) is 11.0. The summed E-state index contributed by atoms with van der Waals surface area (Å²) in [4.78, 5) is 41.1. The number of halogens is 2. The summed E-state index contributed by atoms with van der Waals surface area (Å²) in [7, 11) is -3.72. The average molecular weight is 621 g/mol. The highest BCUT2D eigenvalue weighted by Crippen LogP contribution is 2.35. The molecule has 226 valence electrons. The number of hydrogen-bond donors (Lipinski definition) is 1. The summed E-state index contributed by atoms with van der Waals surface area (Å²) in [5.74, 6) is -2.90. The third-order valence-corrected chi connectivity index (χ3v) is 8.55. The van der Waals surface area contributed by atoms with Crippen LogP contribution in [-0.2, 0) is 21.2 Å². The van der Waals surface area contributed by atoms with E-state index in [2.05, 4.69) is 21.4 Å². The van der Waals surface area contributed by atoms with Crippen LogP contribution >= 0.6 is 0 Å². The fourth-order valence-corrected chi connectivity index (χ4v) is 6.26. The topological polar surface area (TPSA) is 130 Å². The fourth-order valence-electron chi connectivity index (χ4n) is 5.33. The zero-order valence-electron chi connectivity index (χ0n) is 23.4. The highest BCUT2D eigenvalue weighted by Gasteiger charge is 2.34. The zero-order chi connectivity index (χ0) is 31.8. The number of nitrogens with zero attached hydrogens (tertiary/aromatic N) is 6. The number of benzene rings is 2. The van der Waals surface area contributed by atoms with E-state index < -0.39 is 50.2 Å². The lowest BCUT2D eigenvalue weighted by Crippen LogP contribution is -2.56. The lowest BCUT2D eigenvalue weighted by atomic mass is 10.1. The zero-order valence-corrected chi connectivity index (χ0v) is 24.3. The van der Waals surface area contributed by atoms with Gasteiger partial charge in [-0.15, -0.1) is 0 Å². The number of aromatic hydroxyl groups is 1. The minimum Gasteiger partial charge on any atom is -0.507 e. The minimum atomic E-state index is -3.72. The second-order valence-electron chi connectivity index (χ2n) is 10.2. The van der Waals surface area contributed by atoms with Gasteiger partial charge in [0, 0.05) is 25.9 Å². The maximum atomic E-state index is 15.8. The van der Waals surface area contributed by atoms with Crippen molar-refractivity contribution in [3.05, 3.63) is 100 Å². The van der Waals surface area contributed by atoms with Gasteiger partial charge in [-0.2, -0.15) is 4.98 Å². The van der Waals surface area contributed by atoms with Crippen LogP contribution in [0.3, 0.4) is 0 Å². The third kappa shape index (κ3) is 5.61. The van der Waals surface area contributed by atoms with Crippen LogP contribution in [0.15, 0.2) is 70.9 Å². The highest BCUT2D eigenvalue weighted by atomic mass is 32.2. The van der Waals surface area contributed by atoms with E-state index in [4.69, 9.17) is 6.57 Å². The van der Waals surface area contributed by atoms with E-state index in [1.54, 1.807) is 11.0 Å². The number of hydrogen-bond acceptors (Lipinski definition) is 8. The number of pyridine rings is 1. The van der Waals surface area contributed by atoms with Gasteiger partial charge < -0.3 is 19.8 Å². The Bertz CT molecular complexity index is 2000. The molecular formula is C30H26F2N6O5S. The molecule has 44 heavy (non-hydrogen) atoms. The predicted octanol–water partition coefficient (Wildman–Crippen LogP) is 3.02. The molecule has 1 aliphatic rings. The van der Waals surface area contributed by atoms with Gasteiger partial charge >= 0.3 is 5.69 Å². The van der Waals surface area contributed by atoms with Gasteiger partial charge in [-0.3, -0.25) is 9.36 Å². The van der Waals surface area contributed by atoms with Crippen LogP contribution in [0.2, 0.25) is 0 Å². The summed E-state index contributed by atoms with van der Waals surface area (Å²) in [5, 5.41) is 10.4. The third-order valence-electron chi connectivity index (χ3n) is 7.36. The Morgan fingerprint density at radius 3 is 2.59 bits per heavy atom. The Labute approximate surface area is 251 Å². The number of carbonyl (C=O) groups excluding carboxylic acids is 1. The molecule has 0 saturated carbocycles. The van der Waals surface area contributed by atoms with Crippen molar-refractivity contribution in [3.63, 3.8) is 0 Å². The molecule has 1 aliphatic heterocycles. The average Bonchev–Trinajstić information content (AvgIpc) is 2.98.